The van der Waals surface area contributed by atoms with E-state index in [0.717, 1.165) is 70.5 Å². The molecule has 0 saturated carbocycles. The zero-order valence-electron chi connectivity index (χ0n) is 24.1. The maximum Gasteiger partial charge on any atom is 0.255 e. The van der Waals surface area contributed by atoms with E-state index in [4.69, 9.17) is 9.73 Å². The fraction of sp³-hybridized carbons (Fsp3) is 0.742. The standard InChI is InChI=1S/C31H50N4O4/c1-3-6-29-30(32-23-39-28-11-16-33(17-12-28)14-9-24(2)36)13-18-35(31(29)38)22-27(37)21-34-15-10-25-7-4-5-8-26(19-25)20-34/h4-8,24-28,36-37H,3,9-23H2,1-2H3/b29-6+,32-30?. The number of fused-ring (bicyclic) bond motifs is 2. The Morgan fingerprint density at radius 1 is 1.05 bits per heavy atom. The highest BCUT2D eigenvalue weighted by Gasteiger charge is 2.31. The van der Waals surface area contributed by atoms with Crippen molar-refractivity contribution < 1.29 is 19.7 Å². The van der Waals surface area contributed by atoms with E-state index in [-0.39, 0.29) is 24.8 Å². The lowest BCUT2D eigenvalue weighted by Gasteiger charge is -2.33. The smallest absolute Gasteiger partial charge is 0.255 e. The summed E-state index contributed by atoms with van der Waals surface area (Å²) in [5.41, 5.74) is 1.50. The van der Waals surface area contributed by atoms with Crippen LogP contribution in [-0.2, 0) is 9.53 Å². The Morgan fingerprint density at radius 2 is 1.79 bits per heavy atom. The van der Waals surface area contributed by atoms with E-state index in [9.17, 15) is 15.0 Å². The number of carbonyl (C=O) groups excluding carboxylic acids is 1. The topological polar surface area (TPSA) is 88.8 Å². The normalized spacial score (nSPS) is 29.1. The first kappa shape index (κ1) is 30.1. The Bertz CT molecular complexity index is 906. The van der Waals surface area contributed by atoms with Crippen molar-refractivity contribution in [3.05, 3.63) is 36.0 Å². The molecule has 0 aromatic heterocycles. The number of likely N-dealkylation sites (tertiary alicyclic amines) is 3. The lowest BCUT2D eigenvalue weighted by Crippen LogP contribution is -2.47. The highest BCUT2D eigenvalue weighted by molar-refractivity contribution is 6.23. The van der Waals surface area contributed by atoms with E-state index in [2.05, 4.69) is 34.1 Å². The second kappa shape index (κ2) is 15.2. The highest BCUT2D eigenvalue weighted by Crippen LogP contribution is 2.27. The zero-order chi connectivity index (χ0) is 27.6. The van der Waals surface area contributed by atoms with Gasteiger partial charge in [0.25, 0.3) is 5.91 Å². The number of rotatable bonds is 11. The minimum Gasteiger partial charge on any atom is -0.393 e. The van der Waals surface area contributed by atoms with Crippen molar-refractivity contribution >= 4 is 11.6 Å². The van der Waals surface area contributed by atoms with Crippen molar-refractivity contribution in [2.24, 2.45) is 16.8 Å². The van der Waals surface area contributed by atoms with Gasteiger partial charge < -0.3 is 29.6 Å². The van der Waals surface area contributed by atoms with Crippen LogP contribution in [0.25, 0.3) is 0 Å². The first-order valence-corrected chi connectivity index (χ1v) is 15.2. The monoisotopic (exact) mass is 542 g/mol. The summed E-state index contributed by atoms with van der Waals surface area (Å²) < 4.78 is 6.07. The number of nitrogens with zero attached hydrogens (tertiary/aromatic N) is 4. The van der Waals surface area contributed by atoms with Gasteiger partial charge >= 0.3 is 0 Å². The summed E-state index contributed by atoms with van der Waals surface area (Å²) in [6.45, 7) is 10.6. The summed E-state index contributed by atoms with van der Waals surface area (Å²) in [5, 5.41) is 20.5. The van der Waals surface area contributed by atoms with E-state index >= 15 is 0 Å². The Labute approximate surface area is 235 Å². The number of carbonyl (C=O) groups is 1. The van der Waals surface area contributed by atoms with Gasteiger partial charge in [-0.25, -0.2) is 0 Å². The molecule has 3 heterocycles. The van der Waals surface area contributed by atoms with Crippen molar-refractivity contribution in [3.63, 3.8) is 0 Å². The maximum atomic E-state index is 13.4. The van der Waals surface area contributed by atoms with Crippen LogP contribution in [0.3, 0.4) is 0 Å². The Hall–Kier alpha value is -1.84. The summed E-state index contributed by atoms with van der Waals surface area (Å²) in [5.74, 6) is 1.12. The number of piperidine rings is 2. The van der Waals surface area contributed by atoms with Crippen LogP contribution in [0.1, 0.15) is 58.8 Å². The number of aliphatic imine (C=N–C) groups is 1. The molecular formula is C31H50N4O4. The van der Waals surface area contributed by atoms with E-state index in [1.54, 1.807) is 4.90 Å². The number of allylic oxidation sites excluding steroid dienone is 4. The van der Waals surface area contributed by atoms with Crippen molar-refractivity contribution in [3.8, 4) is 0 Å². The van der Waals surface area contributed by atoms with E-state index in [1.165, 1.54) is 6.42 Å². The molecule has 218 valence electrons. The molecule has 2 N–H and O–H groups in total. The molecule has 3 fully saturated rings. The third-order valence-electron chi connectivity index (χ3n) is 8.51. The summed E-state index contributed by atoms with van der Waals surface area (Å²) >= 11 is 0. The predicted octanol–water partition coefficient (Wildman–Crippen LogP) is 3.02. The van der Waals surface area contributed by atoms with Crippen molar-refractivity contribution in [2.45, 2.75) is 77.1 Å². The summed E-state index contributed by atoms with van der Waals surface area (Å²) in [4.78, 5) is 24.7. The average Bonchev–Trinajstić information content (AvgIpc) is 3.26. The second-order valence-electron chi connectivity index (χ2n) is 11.8. The average molecular weight is 543 g/mol. The van der Waals surface area contributed by atoms with Crippen LogP contribution in [0, 0.1) is 11.8 Å². The molecule has 4 atom stereocenters. The van der Waals surface area contributed by atoms with Gasteiger partial charge in [-0.2, -0.15) is 0 Å². The molecule has 2 bridgehead atoms. The third kappa shape index (κ3) is 9.35. The molecule has 3 saturated heterocycles. The molecule has 1 aliphatic carbocycles. The van der Waals surface area contributed by atoms with Gasteiger partial charge in [0.1, 0.15) is 6.73 Å². The highest BCUT2D eigenvalue weighted by atomic mass is 16.5. The summed E-state index contributed by atoms with van der Waals surface area (Å²) in [6.07, 6.45) is 16.8. The zero-order valence-corrected chi connectivity index (χ0v) is 24.1. The molecule has 0 aromatic rings. The maximum absolute atomic E-state index is 13.4. The van der Waals surface area contributed by atoms with Crippen LogP contribution in [0.15, 0.2) is 40.9 Å². The fourth-order valence-electron chi connectivity index (χ4n) is 6.29. The lowest BCUT2D eigenvalue weighted by atomic mass is 9.95. The van der Waals surface area contributed by atoms with Crippen molar-refractivity contribution in [1.82, 2.24) is 14.7 Å². The number of aliphatic hydroxyl groups excluding tert-OH is 2. The van der Waals surface area contributed by atoms with Crippen molar-refractivity contribution in [2.75, 3.05) is 59.1 Å². The summed E-state index contributed by atoms with van der Waals surface area (Å²) in [7, 11) is 0. The van der Waals surface area contributed by atoms with Crippen LogP contribution in [0.5, 0.6) is 0 Å². The lowest BCUT2D eigenvalue weighted by molar-refractivity contribution is -0.128. The van der Waals surface area contributed by atoms with Gasteiger partial charge in [0.05, 0.1) is 29.6 Å². The van der Waals surface area contributed by atoms with E-state index in [0.29, 0.717) is 43.5 Å². The molecule has 8 nitrogen and oxygen atoms in total. The molecule has 8 heteroatoms. The Kier molecular flexibility index (Phi) is 11.8. The van der Waals surface area contributed by atoms with Crippen LogP contribution in [0.2, 0.25) is 0 Å². The number of amides is 1. The molecule has 4 unspecified atom stereocenters. The minimum atomic E-state index is -0.565. The molecular weight excluding hydrogens is 492 g/mol. The quantitative estimate of drug-likeness (QED) is 0.390. The largest absolute Gasteiger partial charge is 0.393 e. The van der Waals surface area contributed by atoms with Gasteiger partial charge in [-0.05, 0) is 63.8 Å². The molecule has 39 heavy (non-hydrogen) atoms. The van der Waals surface area contributed by atoms with E-state index < -0.39 is 6.10 Å². The van der Waals surface area contributed by atoms with Gasteiger partial charge in [-0.3, -0.25) is 9.79 Å². The minimum absolute atomic E-state index is 0.0244. The van der Waals surface area contributed by atoms with Gasteiger partial charge in [0.15, 0.2) is 0 Å². The molecule has 0 spiro atoms. The molecule has 1 amide bonds. The fourth-order valence-corrected chi connectivity index (χ4v) is 6.29. The molecule has 4 rings (SSSR count). The third-order valence-corrected chi connectivity index (χ3v) is 8.51. The second-order valence-corrected chi connectivity index (χ2v) is 11.8. The number of hydrogen-bond acceptors (Lipinski definition) is 7. The van der Waals surface area contributed by atoms with E-state index in [1.807, 2.05) is 19.9 Å². The van der Waals surface area contributed by atoms with Crippen LogP contribution < -0.4 is 0 Å². The number of aliphatic hydroxyl groups is 2. The van der Waals surface area contributed by atoms with Crippen molar-refractivity contribution in [1.29, 1.82) is 0 Å². The number of hydrogen-bond donors (Lipinski definition) is 2. The van der Waals surface area contributed by atoms with Crippen LogP contribution in [-0.4, -0.2) is 114 Å². The van der Waals surface area contributed by atoms with Crippen LogP contribution in [0.4, 0.5) is 0 Å². The molecule has 3 aliphatic heterocycles. The Morgan fingerprint density at radius 3 is 2.54 bits per heavy atom. The predicted molar refractivity (Wildman–Crippen MR) is 156 cm³/mol. The van der Waals surface area contributed by atoms with Gasteiger partial charge in [-0.1, -0.05) is 37.3 Å². The SMILES string of the molecule is CC/C=C1/C(=O)N(CC(O)CN2CCC3C=CC=CC(C3)C2)CCC1=NCOC1CCN(CCC(C)O)CC1. The number of β-amino-alcohol motifs (C(OH)–C–C–N with tert-alkyl or cyclic N) is 1. The van der Waals surface area contributed by atoms with Gasteiger partial charge in [-0.15, -0.1) is 0 Å². The molecule has 0 aromatic carbocycles. The first-order chi connectivity index (χ1) is 18.9. The van der Waals surface area contributed by atoms with Crippen LogP contribution >= 0.6 is 0 Å². The molecule has 4 aliphatic rings. The Balaban J connectivity index is 1.23. The van der Waals surface area contributed by atoms with Gasteiger partial charge in [0, 0.05) is 52.2 Å². The van der Waals surface area contributed by atoms with Gasteiger partial charge in [0.2, 0.25) is 0 Å². The molecule has 0 radical (unpaired) electrons. The summed E-state index contributed by atoms with van der Waals surface area (Å²) in [6, 6.07) is 0. The number of ether oxygens (including phenoxy) is 1. The first-order valence-electron chi connectivity index (χ1n) is 15.2.